The highest BCUT2D eigenvalue weighted by Gasteiger charge is 2.17. The van der Waals surface area contributed by atoms with E-state index in [0.717, 1.165) is 37.7 Å². The summed E-state index contributed by atoms with van der Waals surface area (Å²) in [7, 11) is 6.16. The summed E-state index contributed by atoms with van der Waals surface area (Å²) in [4.78, 5) is 9.07. The van der Waals surface area contributed by atoms with Gasteiger partial charge in [-0.05, 0) is 46.0 Å². The Kier molecular flexibility index (Phi) is 8.36. The fourth-order valence-electron chi connectivity index (χ4n) is 2.21. The molecule has 1 aromatic rings. The molecule has 124 valence electrons. The van der Waals surface area contributed by atoms with Crippen molar-refractivity contribution in [2.75, 3.05) is 40.8 Å². The van der Waals surface area contributed by atoms with Crippen LogP contribution in [0, 0.1) is 0 Å². The molecule has 1 heterocycles. The smallest absolute Gasteiger partial charge is 0.193 e. The van der Waals surface area contributed by atoms with Gasteiger partial charge in [-0.25, -0.2) is 0 Å². The lowest BCUT2D eigenvalue weighted by Crippen LogP contribution is -2.40. The van der Waals surface area contributed by atoms with Crippen LogP contribution >= 0.6 is 0 Å². The fourth-order valence-corrected chi connectivity index (χ4v) is 2.21. The summed E-state index contributed by atoms with van der Waals surface area (Å²) in [5.41, 5.74) is 0. The molecule has 1 unspecified atom stereocenters. The number of likely N-dealkylation sites (N-methyl/N-ethyl adjacent to an activating group) is 1. The Hall–Kier alpha value is -1.75. The zero-order chi connectivity index (χ0) is 16.4. The number of furan rings is 1. The van der Waals surface area contributed by atoms with Crippen molar-refractivity contribution in [2.24, 2.45) is 4.99 Å². The van der Waals surface area contributed by atoms with Gasteiger partial charge in [0.15, 0.2) is 5.96 Å². The molecule has 0 fully saturated rings. The third kappa shape index (κ3) is 5.93. The minimum Gasteiger partial charge on any atom is -0.468 e. The first-order valence-corrected chi connectivity index (χ1v) is 7.90. The lowest BCUT2D eigenvalue weighted by Gasteiger charge is -2.24. The first-order chi connectivity index (χ1) is 10.6. The van der Waals surface area contributed by atoms with Crippen molar-refractivity contribution in [3.63, 3.8) is 0 Å². The molecule has 0 bridgehead atoms. The Balaban J connectivity index is 2.72. The Labute approximate surface area is 134 Å². The van der Waals surface area contributed by atoms with Gasteiger partial charge in [0, 0.05) is 20.1 Å². The summed E-state index contributed by atoms with van der Waals surface area (Å²) < 4.78 is 5.53. The molecule has 1 atom stereocenters. The van der Waals surface area contributed by atoms with E-state index in [9.17, 15) is 0 Å². The molecule has 0 aliphatic rings. The maximum Gasteiger partial charge on any atom is 0.193 e. The number of nitrogens with one attached hydrogen (secondary N) is 1. The van der Waals surface area contributed by atoms with E-state index >= 15 is 0 Å². The van der Waals surface area contributed by atoms with Crippen LogP contribution in [0.3, 0.4) is 0 Å². The van der Waals surface area contributed by atoms with Gasteiger partial charge in [-0.2, -0.15) is 0 Å². The number of aliphatic imine (C=N–C) groups is 1. The van der Waals surface area contributed by atoms with E-state index < -0.39 is 0 Å². The van der Waals surface area contributed by atoms with E-state index in [2.05, 4.69) is 35.7 Å². The second kappa shape index (κ2) is 10.1. The largest absolute Gasteiger partial charge is 0.468 e. The second-order valence-corrected chi connectivity index (χ2v) is 5.54. The minimum atomic E-state index is 0.144. The number of allylic oxidation sites excluding steroid dienone is 1. The molecule has 0 aromatic carbocycles. The Morgan fingerprint density at radius 3 is 2.77 bits per heavy atom. The van der Waals surface area contributed by atoms with Gasteiger partial charge in [-0.3, -0.25) is 9.89 Å². The van der Waals surface area contributed by atoms with Gasteiger partial charge < -0.3 is 14.6 Å². The lowest BCUT2D eigenvalue weighted by molar-refractivity contribution is 0.264. The first-order valence-electron chi connectivity index (χ1n) is 7.90. The summed E-state index contributed by atoms with van der Waals surface area (Å²) in [5.74, 6) is 1.88. The van der Waals surface area contributed by atoms with E-state index in [0.29, 0.717) is 6.54 Å². The molecule has 1 aromatic heterocycles. The highest BCUT2D eigenvalue weighted by atomic mass is 16.3. The van der Waals surface area contributed by atoms with Crippen LogP contribution < -0.4 is 5.32 Å². The van der Waals surface area contributed by atoms with Gasteiger partial charge in [-0.1, -0.05) is 6.08 Å². The van der Waals surface area contributed by atoms with Crippen LogP contribution in [0.1, 0.15) is 31.6 Å². The van der Waals surface area contributed by atoms with Gasteiger partial charge in [-0.15, -0.1) is 6.58 Å². The third-order valence-corrected chi connectivity index (χ3v) is 3.51. The van der Waals surface area contributed by atoms with E-state index in [1.807, 2.05) is 32.3 Å². The van der Waals surface area contributed by atoms with Crippen LogP contribution in [0.2, 0.25) is 0 Å². The zero-order valence-corrected chi connectivity index (χ0v) is 14.4. The number of rotatable bonds is 9. The van der Waals surface area contributed by atoms with E-state index in [1.54, 1.807) is 6.26 Å². The fraction of sp³-hybridized carbons (Fsp3) is 0.588. The summed E-state index contributed by atoms with van der Waals surface area (Å²) >= 11 is 0. The van der Waals surface area contributed by atoms with E-state index in [4.69, 9.17) is 9.41 Å². The monoisotopic (exact) mass is 306 g/mol. The number of hydrogen-bond acceptors (Lipinski definition) is 3. The topological polar surface area (TPSA) is 44.0 Å². The van der Waals surface area contributed by atoms with Crippen LogP contribution in [-0.2, 0) is 0 Å². The predicted molar refractivity (Wildman–Crippen MR) is 93.2 cm³/mol. The summed E-state index contributed by atoms with van der Waals surface area (Å²) in [6.07, 6.45) is 5.77. The molecule has 5 nitrogen and oxygen atoms in total. The summed E-state index contributed by atoms with van der Waals surface area (Å²) in [6.45, 7) is 8.34. The van der Waals surface area contributed by atoms with Gasteiger partial charge in [0.2, 0.25) is 0 Å². The molecule has 0 aliphatic heterocycles. The number of hydrogen-bond donors (Lipinski definition) is 1. The van der Waals surface area contributed by atoms with Gasteiger partial charge in [0.05, 0.1) is 18.8 Å². The molecule has 22 heavy (non-hydrogen) atoms. The van der Waals surface area contributed by atoms with Crippen LogP contribution in [0.5, 0.6) is 0 Å². The Morgan fingerprint density at radius 1 is 1.45 bits per heavy atom. The zero-order valence-electron chi connectivity index (χ0n) is 14.4. The normalized spacial score (nSPS) is 13.2. The molecule has 0 amide bonds. The second-order valence-electron chi connectivity index (χ2n) is 5.54. The molecule has 0 saturated carbocycles. The van der Waals surface area contributed by atoms with Crippen molar-refractivity contribution < 1.29 is 4.42 Å². The van der Waals surface area contributed by atoms with Crippen molar-refractivity contribution in [2.45, 2.75) is 25.8 Å². The maximum absolute atomic E-state index is 5.53. The molecular formula is C17H30N4O. The maximum atomic E-state index is 5.53. The SMILES string of the molecule is C=CCCCN(C)C(=NCC(c1ccco1)N(C)C)NCC. The average molecular weight is 306 g/mol. The number of unbranched alkanes of at least 4 members (excludes halogenated alkanes) is 1. The van der Waals surface area contributed by atoms with Crippen LogP contribution in [0.15, 0.2) is 40.5 Å². The number of guanidine groups is 1. The standard InChI is InChI=1S/C17H30N4O/c1-6-8-9-12-21(5)17(18-7-2)19-14-15(20(3)4)16-11-10-13-22-16/h6,10-11,13,15H,1,7-9,12,14H2,2-5H3,(H,18,19). The van der Waals surface area contributed by atoms with Crippen LogP contribution in [-0.4, -0.2) is 56.5 Å². The van der Waals surface area contributed by atoms with Crippen LogP contribution in [0.4, 0.5) is 0 Å². The quantitative estimate of drug-likeness (QED) is 0.330. The molecule has 1 rings (SSSR count). The molecule has 1 N–H and O–H groups in total. The Bertz CT molecular complexity index is 440. The molecular weight excluding hydrogens is 276 g/mol. The van der Waals surface area contributed by atoms with Gasteiger partial charge in [0.25, 0.3) is 0 Å². The minimum absolute atomic E-state index is 0.144. The van der Waals surface area contributed by atoms with Crippen molar-refractivity contribution in [3.8, 4) is 0 Å². The van der Waals surface area contributed by atoms with Gasteiger partial charge >= 0.3 is 0 Å². The number of nitrogens with zero attached hydrogens (tertiary/aromatic N) is 3. The van der Waals surface area contributed by atoms with Crippen molar-refractivity contribution >= 4 is 5.96 Å². The molecule has 0 saturated heterocycles. The van der Waals surface area contributed by atoms with Crippen LogP contribution in [0.25, 0.3) is 0 Å². The van der Waals surface area contributed by atoms with Gasteiger partial charge in [0.1, 0.15) is 5.76 Å². The molecule has 0 radical (unpaired) electrons. The molecule has 5 heteroatoms. The third-order valence-electron chi connectivity index (χ3n) is 3.51. The Morgan fingerprint density at radius 2 is 2.23 bits per heavy atom. The predicted octanol–water partition coefficient (Wildman–Crippen LogP) is 2.75. The average Bonchev–Trinajstić information content (AvgIpc) is 3.00. The highest BCUT2D eigenvalue weighted by Crippen LogP contribution is 2.18. The van der Waals surface area contributed by atoms with Crippen molar-refractivity contribution in [1.29, 1.82) is 0 Å². The summed E-state index contributed by atoms with van der Waals surface area (Å²) in [5, 5.41) is 3.35. The highest BCUT2D eigenvalue weighted by molar-refractivity contribution is 5.79. The van der Waals surface area contributed by atoms with Crippen molar-refractivity contribution in [1.82, 2.24) is 15.1 Å². The summed E-state index contributed by atoms with van der Waals surface area (Å²) in [6, 6.07) is 4.06. The first kappa shape index (κ1) is 18.3. The lowest BCUT2D eigenvalue weighted by atomic mass is 10.2. The van der Waals surface area contributed by atoms with E-state index in [1.165, 1.54) is 0 Å². The van der Waals surface area contributed by atoms with Crippen molar-refractivity contribution in [3.05, 3.63) is 36.8 Å². The van der Waals surface area contributed by atoms with E-state index in [-0.39, 0.29) is 6.04 Å². The molecule has 0 aliphatic carbocycles. The molecule has 0 spiro atoms.